The Kier molecular flexibility index (Phi) is 3.27. The number of hydrogen-bond acceptors (Lipinski definition) is 1. The Morgan fingerprint density at radius 3 is 2.88 bits per heavy atom. The predicted molar refractivity (Wildman–Crippen MR) is 70.0 cm³/mol. The summed E-state index contributed by atoms with van der Waals surface area (Å²) >= 11 is 6.05. The normalized spacial score (nSPS) is 20.6. The number of rotatable bonds is 2. The molecule has 88 valence electrons. The Labute approximate surface area is 103 Å². The zero-order chi connectivity index (χ0) is 11.8. The van der Waals surface area contributed by atoms with Crippen LogP contribution in [-0.2, 0) is 6.42 Å². The van der Waals surface area contributed by atoms with Gasteiger partial charge in [0.15, 0.2) is 0 Å². The maximum atomic E-state index is 6.05. The lowest BCUT2D eigenvalue weighted by molar-refractivity contribution is 0.269. The quantitative estimate of drug-likeness (QED) is 0.833. The number of hydrogen-bond donors (Lipinski definition) is 1. The third kappa shape index (κ3) is 2.11. The highest BCUT2D eigenvalue weighted by Gasteiger charge is 2.32. The second-order valence-corrected chi connectivity index (χ2v) is 5.92. The molecule has 2 rings (SSSR count). The van der Waals surface area contributed by atoms with Crippen molar-refractivity contribution in [2.45, 2.75) is 39.0 Å². The highest BCUT2D eigenvalue weighted by atomic mass is 35.5. The molecule has 0 fully saturated rings. The molecule has 2 N–H and O–H groups in total. The maximum absolute atomic E-state index is 6.05. The van der Waals surface area contributed by atoms with E-state index in [2.05, 4.69) is 26.0 Å². The first-order valence-corrected chi connectivity index (χ1v) is 6.41. The number of halogens is 1. The molecule has 1 nitrogen and oxygen atoms in total. The molecule has 0 amide bonds. The molecule has 1 aromatic carbocycles. The van der Waals surface area contributed by atoms with E-state index >= 15 is 0 Å². The largest absolute Gasteiger partial charge is 0.330 e. The van der Waals surface area contributed by atoms with Gasteiger partial charge in [-0.3, -0.25) is 0 Å². The van der Waals surface area contributed by atoms with Crippen molar-refractivity contribution >= 4 is 11.6 Å². The molecule has 1 atom stereocenters. The van der Waals surface area contributed by atoms with E-state index < -0.39 is 0 Å². The minimum Gasteiger partial charge on any atom is -0.330 e. The molecule has 0 aliphatic heterocycles. The lowest BCUT2D eigenvalue weighted by atomic mass is 9.68. The van der Waals surface area contributed by atoms with Crippen LogP contribution in [0.5, 0.6) is 0 Å². The first-order valence-electron chi connectivity index (χ1n) is 6.03. The monoisotopic (exact) mass is 237 g/mol. The minimum atomic E-state index is 0.184. The Bertz CT molecular complexity index is 384. The Balaban J connectivity index is 2.40. The van der Waals surface area contributed by atoms with Gasteiger partial charge in [0.1, 0.15) is 0 Å². The average molecular weight is 238 g/mol. The van der Waals surface area contributed by atoms with Crippen LogP contribution in [-0.4, -0.2) is 6.54 Å². The third-order valence-electron chi connectivity index (χ3n) is 3.89. The lowest BCUT2D eigenvalue weighted by Gasteiger charge is -2.37. The van der Waals surface area contributed by atoms with Gasteiger partial charge >= 0.3 is 0 Å². The summed E-state index contributed by atoms with van der Waals surface area (Å²) in [5, 5.41) is 0.852. The van der Waals surface area contributed by atoms with Gasteiger partial charge in [0.25, 0.3) is 0 Å². The molecule has 1 aliphatic carbocycles. The van der Waals surface area contributed by atoms with E-state index in [0.717, 1.165) is 18.0 Å². The molecular weight excluding hydrogens is 218 g/mol. The van der Waals surface area contributed by atoms with Crippen LogP contribution in [0.25, 0.3) is 0 Å². The zero-order valence-electron chi connectivity index (χ0n) is 10.1. The summed E-state index contributed by atoms with van der Waals surface area (Å²) < 4.78 is 0. The van der Waals surface area contributed by atoms with Crippen LogP contribution < -0.4 is 5.73 Å². The van der Waals surface area contributed by atoms with Gasteiger partial charge in [0, 0.05) is 5.02 Å². The summed E-state index contributed by atoms with van der Waals surface area (Å²) in [6.45, 7) is 5.27. The molecule has 1 aromatic rings. The molecule has 0 saturated heterocycles. The summed E-state index contributed by atoms with van der Waals surface area (Å²) in [5.41, 5.74) is 8.97. The van der Waals surface area contributed by atoms with E-state index in [4.69, 9.17) is 17.3 Å². The fourth-order valence-electron chi connectivity index (χ4n) is 2.74. The van der Waals surface area contributed by atoms with Crippen molar-refractivity contribution in [3.63, 3.8) is 0 Å². The molecule has 0 radical (unpaired) electrons. The second kappa shape index (κ2) is 4.38. The molecule has 0 aromatic heterocycles. The SMILES string of the molecule is CC(C)(CN)C1CCCc2cc(Cl)ccc21. The minimum absolute atomic E-state index is 0.184. The topological polar surface area (TPSA) is 26.0 Å². The van der Waals surface area contributed by atoms with Crippen LogP contribution in [0.4, 0.5) is 0 Å². The molecule has 1 unspecified atom stereocenters. The van der Waals surface area contributed by atoms with Gasteiger partial charge in [-0.05, 0) is 60.4 Å². The fraction of sp³-hybridized carbons (Fsp3) is 0.571. The average Bonchev–Trinajstić information content (AvgIpc) is 2.27. The number of nitrogens with two attached hydrogens (primary N) is 1. The van der Waals surface area contributed by atoms with Crippen molar-refractivity contribution < 1.29 is 0 Å². The van der Waals surface area contributed by atoms with Crippen LogP contribution >= 0.6 is 11.6 Å². The van der Waals surface area contributed by atoms with Crippen molar-refractivity contribution in [3.05, 3.63) is 34.3 Å². The van der Waals surface area contributed by atoms with E-state index in [1.54, 1.807) is 0 Å². The zero-order valence-corrected chi connectivity index (χ0v) is 10.8. The summed E-state index contributed by atoms with van der Waals surface area (Å²) in [4.78, 5) is 0. The predicted octanol–water partition coefficient (Wildman–Crippen LogP) is 3.74. The van der Waals surface area contributed by atoms with Gasteiger partial charge in [0.2, 0.25) is 0 Å². The van der Waals surface area contributed by atoms with Crippen LogP contribution in [0.2, 0.25) is 5.02 Å². The highest BCUT2D eigenvalue weighted by molar-refractivity contribution is 6.30. The Morgan fingerprint density at radius 2 is 2.19 bits per heavy atom. The number of fused-ring (bicyclic) bond motifs is 1. The first-order chi connectivity index (χ1) is 7.54. The second-order valence-electron chi connectivity index (χ2n) is 5.48. The van der Waals surface area contributed by atoms with Crippen LogP contribution in [0.3, 0.4) is 0 Å². The van der Waals surface area contributed by atoms with Gasteiger partial charge < -0.3 is 5.73 Å². The molecule has 0 spiro atoms. The van der Waals surface area contributed by atoms with Crippen molar-refractivity contribution in [1.82, 2.24) is 0 Å². The van der Waals surface area contributed by atoms with Gasteiger partial charge in [0.05, 0.1) is 0 Å². The van der Waals surface area contributed by atoms with E-state index in [-0.39, 0.29) is 5.41 Å². The van der Waals surface area contributed by atoms with E-state index in [1.165, 1.54) is 24.0 Å². The molecule has 16 heavy (non-hydrogen) atoms. The molecule has 0 saturated carbocycles. The van der Waals surface area contributed by atoms with E-state index in [9.17, 15) is 0 Å². The summed E-state index contributed by atoms with van der Waals surface area (Å²) in [5.74, 6) is 0.582. The van der Waals surface area contributed by atoms with Gasteiger partial charge in [-0.25, -0.2) is 0 Å². The molecular formula is C14H20ClN. The van der Waals surface area contributed by atoms with Gasteiger partial charge in [-0.1, -0.05) is 31.5 Å². The third-order valence-corrected chi connectivity index (χ3v) is 4.12. The standard InChI is InChI=1S/C14H20ClN/c1-14(2,9-16)13-5-3-4-10-8-11(15)6-7-12(10)13/h6-8,13H,3-5,9,16H2,1-2H3. The fourth-order valence-corrected chi connectivity index (χ4v) is 2.93. The molecule has 0 bridgehead atoms. The molecule has 2 heteroatoms. The van der Waals surface area contributed by atoms with Crippen molar-refractivity contribution in [2.24, 2.45) is 11.1 Å². The van der Waals surface area contributed by atoms with Crippen molar-refractivity contribution in [2.75, 3.05) is 6.54 Å². The van der Waals surface area contributed by atoms with E-state index in [1.807, 2.05) is 6.07 Å². The van der Waals surface area contributed by atoms with Crippen LogP contribution in [0.1, 0.15) is 43.7 Å². The van der Waals surface area contributed by atoms with Crippen LogP contribution in [0, 0.1) is 5.41 Å². The Hall–Kier alpha value is -0.530. The Morgan fingerprint density at radius 1 is 1.44 bits per heavy atom. The highest BCUT2D eigenvalue weighted by Crippen LogP contribution is 2.43. The van der Waals surface area contributed by atoms with E-state index in [0.29, 0.717) is 5.92 Å². The number of aryl methyl sites for hydroxylation is 1. The van der Waals surface area contributed by atoms with Gasteiger partial charge in [-0.2, -0.15) is 0 Å². The van der Waals surface area contributed by atoms with Gasteiger partial charge in [-0.15, -0.1) is 0 Å². The maximum Gasteiger partial charge on any atom is 0.0408 e. The summed E-state index contributed by atoms with van der Waals surface area (Å²) in [6.07, 6.45) is 3.66. The number of benzene rings is 1. The van der Waals surface area contributed by atoms with Crippen molar-refractivity contribution in [1.29, 1.82) is 0 Å². The van der Waals surface area contributed by atoms with Crippen molar-refractivity contribution in [3.8, 4) is 0 Å². The smallest absolute Gasteiger partial charge is 0.0408 e. The summed E-state index contributed by atoms with van der Waals surface area (Å²) in [6, 6.07) is 6.32. The lowest BCUT2D eigenvalue weighted by Crippen LogP contribution is -2.32. The molecule has 0 heterocycles. The summed E-state index contributed by atoms with van der Waals surface area (Å²) in [7, 11) is 0. The van der Waals surface area contributed by atoms with Crippen LogP contribution in [0.15, 0.2) is 18.2 Å². The molecule has 1 aliphatic rings. The first kappa shape index (κ1) is 11.9.